The quantitative estimate of drug-likeness (QED) is 0.617. The molecule has 2 N–H and O–H groups in total. The lowest BCUT2D eigenvalue weighted by Crippen LogP contribution is -2.41. The number of allylic oxidation sites excluding steroid dienone is 1. The highest BCUT2D eigenvalue weighted by Crippen LogP contribution is 2.38. The van der Waals surface area contributed by atoms with E-state index in [2.05, 4.69) is 5.32 Å². The summed E-state index contributed by atoms with van der Waals surface area (Å²) in [6, 6.07) is 0. The van der Waals surface area contributed by atoms with E-state index in [4.69, 9.17) is 19.5 Å². The van der Waals surface area contributed by atoms with Crippen LogP contribution in [0.3, 0.4) is 0 Å². The van der Waals surface area contributed by atoms with Gasteiger partial charge in [-0.25, -0.2) is 4.79 Å². The lowest BCUT2D eigenvalue weighted by atomic mass is 9.81. The average Bonchev–Trinajstić information content (AvgIpc) is 2.50. The minimum absolute atomic E-state index is 0.381. The molecule has 0 aromatic heterocycles. The van der Waals surface area contributed by atoms with Crippen LogP contribution < -0.4 is 5.32 Å². The van der Waals surface area contributed by atoms with E-state index in [1.54, 1.807) is 20.8 Å². The first kappa shape index (κ1) is 18.7. The number of carbonyl (C=O) groups excluding carboxylic acids is 1. The number of amides is 1. The lowest BCUT2D eigenvalue weighted by molar-refractivity contribution is 0.00578. The summed E-state index contributed by atoms with van der Waals surface area (Å²) in [6.07, 6.45) is 2.45. The van der Waals surface area contributed by atoms with E-state index in [0.29, 0.717) is 11.9 Å². The number of hydrogen-bond donors (Lipinski definition) is 2. The van der Waals surface area contributed by atoms with E-state index in [-0.39, 0.29) is 0 Å². The molecule has 6 nitrogen and oxygen atoms in total. The van der Waals surface area contributed by atoms with Gasteiger partial charge in [0.2, 0.25) is 0 Å². The number of ether oxygens (including phenoxy) is 1. The smallest absolute Gasteiger partial charge is 0.444 e. The molecule has 0 spiro atoms. The van der Waals surface area contributed by atoms with Gasteiger partial charge in [-0.3, -0.25) is 5.32 Å². The van der Waals surface area contributed by atoms with Crippen LogP contribution in [0, 0.1) is 5.41 Å². The zero-order chi connectivity index (χ0) is 17.2. The monoisotopic (exact) mass is 310 g/mol. The van der Waals surface area contributed by atoms with Gasteiger partial charge in [-0.15, -0.1) is 0 Å². The summed E-state index contributed by atoms with van der Waals surface area (Å²) in [7, 11) is -0.446. The van der Waals surface area contributed by atoms with Crippen molar-refractivity contribution in [3.8, 4) is 0 Å². The summed E-state index contributed by atoms with van der Waals surface area (Å²) in [5, 5.41) is 9.97. The molecule has 1 saturated heterocycles. The Hall–Kier alpha value is -1.34. The number of carbonyl (C=O) groups is 1. The summed E-state index contributed by atoms with van der Waals surface area (Å²) >= 11 is 0. The number of rotatable bonds is 4. The van der Waals surface area contributed by atoms with Crippen molar-refractivity contribution in [1.29, 1.82) is 5.41 Å². The molecule has 1 aliphatic heterocycles. The highest BCUT2D eigenvalue weighted by atomic mass is 16.7. The van der Waals surface area contributed by atoms with Crippen LogP contribution in [-0.4, -0.2) is 36.2 Å². The van der Waals surface area contributed by atoms with E-state index >= 15 is 0 Å². The zero-order valence-electron chi connectivity index (χ0n) is 14.6. The highest BCUT2D eigenvalue weighted by molar-refractivity contribution is 6.47. The molecule has 0 bridgehead atoms. The third kappa shape index (κ3) is 5.14. The molecule has 0 saturated carbocycles. The fraction of sp³-hybridized carbons (Fsp3) is 0.733. The van der Waals surface area contributed by atoms with Gasteiger partial charge in [0.25, 0.3) is 0 Å². The molecule has 1 aliphatic rings. The van der Waals surface area contributed by atoms with Crippen LogP contribution in [0.2, 0.25) is 6.32 Å². The van der Waals surface area contributed by atoms with Crippen LogP contribution in [0.4, 0.5) is 4.79 Å². The van der Waals surface area contributed by atoms with Crippen molar-refractivity contribution in [3.63, 3.8) is 0 Å². The molecule has 1 rings (SSSR count). The molecule has 124 valence electrons. The van der Waals surface area contributed by atoms with Gasteiger partial charge in [-0.2, -0.15) is 0 Å². The molecule has 1 amide bonds. The van der Waals surface area contributed by atoms with E-state index < -0.39 is 30.0 Å². The molecule has 1 heterocycles. The van der Waals surface area contributed by atoms with Crippen LogP contribution in [0.5, 0.6) is 0 Å². The van der Waals surface area contributed by atoms with Crippen molar-refractivity contribution in [3.05, 3.63) is 11.8 Å². The highest BCUT2D eigenvalue weighted by Gasteiger charge is 2.50. The van der Waals surface area contributed by atoms with Gasteiger partial charge >= 0.3 is 13.2 Å². The van der Waals surface area contributed by atoms with Gasteiger partial charge < -0.3 is 19.5 Å². The average molecular weight is 310 g/mol. The van der Waals surface area contributed by atoms with E-state index in [1.165, 1.54) is 12.4 Å². The molecule has 7 heteroatoms. The Morgan fingerprint density at radius 3 is 2.14 bits per heavy atom. The molecule has 0 aromatic rings. The Balaban J connectivity index is 2.61. The van der Waals surface area contributed by atoms with Crippen LogP contribution in [0.15, 0.2) is 11.8 Å². The molecule has 0 unspecified atom stereocenters. The van der Waals surface area contributed by atoms with Crippen LogP contribution in [0.1, 0.15) is 48.5 Å². The summed E-state index contributed by atoms with van der Waals surface area (Å²) in [6.45, 7) is 13.3. The second-order valence-electron chi connectivity index (χ2n) is 7.40. The summed E-state index contributed by atoms with van der Waals surface area (Å²) < 4.78 is 16.9. The first-order valence-electron chi connectivity index (χ1n) is 7.41. The fourth-order valence-corrected chi connectivity index (χ4v) is 1.86. The third-order valence-electron chi connectivity index (χ3n) is 3.66. The zero-order valence-corrected chi connectivity index (χ0v) is 14.6. The van der Waals surface area contributed by atoms with E-state index in [9.17, 15) is 4.79 Å². The molecule has 22 heavy (non-hydrogen) atoms. The third-order valence-corrected chi connectivity index (χ3v) is 3.66. The fourth-order valence-electron chi connectivity index (χ4n) is 1.86. The predicted molar refractivity (Wildman–Crippen MR) is 87.1 cm³/mol. The summed E-state index contributed by atoms with van der Waals surface area (Å²) in [5.74, 6) is 0. The second-order valence-corrected chi connectivity index (χ2v) is 7.40. The summed E-state index contributed by atoms with van der Waals surface area (Å²) in [5.41, 5.74) is -0.800. The number of nitrogens with one attached hydrogen (secondary N) is 2. The first-order chi connectivity index (χ1) is 9.86. The Kier molecular flexibility index (Phi) is 5.46. The minimum atomic E-state index is -0.561. The minimum Gasteiger partial charge on any atom is -0.444 e. The maximum absolute atomic E-state index is 11.6. The van der Waals surface area contributed by atoms with Crippen molar-refractivity contribution in [1.82, 2.24) is 5.32 Å². The molecule has 0 radical (unpaired) electrons. The standard InChI is InChI=1S/C15H27BN2O4/c1-13(2,3)20-12(19)18-10-11(9-17)8-16-21-14(4,5)15(6,7)22-16/h9-10,17H,8H2,1-7H3,(H,18,19)/b11-10-,17-9?. The van der Waals surface area contributed by atoms with Gasteiger partial charge in [0, 0.05) is 18.7 Å². The normalized spacial score (nSPS) is 20.7. The second kappa shape index (κ2) is 6.42. The van der Waals surface area contributed by atoms with E-state index in [0.717, 1.165) is 0 Å². The molecule has 0 aromatic carbocycles. The maximum atomic E-state index is 11.6. The Labute approximate surface area is 133 Å². The van der Waals surface area contributed by atoms with Gasteiger partial charge in [0.15, 0.2) is 0 Å². The van der Waals surface area contributed by atoms with Crippen LogP contribution >= 0.6 is 0 Å². The van der Waals surface area contributed by atoms with Crippen LogP contribution in [0.25, 0.3) is 0 Å². The van der Waals surface area contributed by atoms with E-state index in [1.807, 2.05) is 27.7 Å². The molecular formula is C15H27BN2O4. The predicted octanol–water partition coefficient (Wildman–Crippen LogP) is 3.14. The van der Waals surface area contributed by atoms with Crippen molar-refractivity contribution in [2.75, 3.05) is 0 Å². The Bertz CT molecular complexity index is 451. The van der Waals surface area contributed by atoms with Crippen molar-refractivity contribution in [2.45, 2.75) is 71.6 Å². The topological polar surface area (TPSA) is 80.6 Å². The van der Waals surface area contributed by atoms with Gasteiger partial charge in [-0.1, -0.05) is 0 Å². The first-order valence-corrected chi connectivity index (χ1v) is 7.41. The Morgan fingerprint density at radius 2 is 1.73 bits per heavy atom. The largest absolute Gasteiger partial charge is 0.462 e. The number of alkyl carbamates (subject to hydrolysis) is 1. The molecule has 0 atom stereocenters. The van der Waals surface area contributed by atoms with Crippen LogP contribution in [-0.2, 0) is 14.0 Å². The van der Waals surface area contributed by atoms with Crippen molar-refractivity contribution < 1.29 is 18.8 Å². The maximum Gasteiger partial charge on any atom is 0.462 e. The van der Waals surface area contributed by atoms with Gasteiger partial charge in [0.1, 0.15) is 5.60 Å². The summed E-state index contributed by atoms with van der Waals surface area (Å²) in [4.78, 5) is 11.6. The molecule has 1 fully saturated rings. The van der Waals surface area contributed by atoms with Crippen molar-refractivity contribution >= 4 is 19.4 Å². The molecule has 0 aliphatic carbocycles. The van der Waals surface area contributed by atoms with Crippen molar-refractivity contribution in [2.24, 2.45) is 0 Å². The Morgan fingerprint density at radius 1 is 1.23 bits per heavy atom. The lowest BCUT2D eigenvalue weighted by Gasteiger charge is -2.32. The van der Waals surface area contributed by atoms with Gasteiger partial charge in [0.05, 0.1) is 11.2 Å². The number of hydrogen-bond acceptors (Lipinski definition) is 5. The molecular weight excluding hydrogens is 283 g/mol. The SMILES string of the molecule is CC(C)(C)OC(=O)N/C=C(\C=N)CB1OC(C)(C)C(C)(C)O1. The van der Waals surface area contributed by atoms with Gasteiger partial charge in [-0.05, 0) is 54.0 Å².